The summed E-state index contributed by atoms with van der Waals surface area (Å²) in [7, 11) is 0. The average molecular weight is 481 g/mol. The summed E-state index contributed by atoms with van der Waals surface area (Å²) in [5.74, 6) is -15.3. The monoisotopic (exact) mass is 481 g/mol. The van der Waals surface area contributed by atoms with Crippen LogP contribution >= 0.6 is 0 Å². The molecule has 3 aromatic carbocycles. The molecule has 0 unspecified atom stereocenters. The van der Waals surface area contributed by atoms with E-state index < -0.39 is 102 Å². The van der Waals surface area contributed by atoms with Crippen LogP contribution < -0.4 is 0 Å². The quantitative estimate of drug-likeness (QED) is 0.105. The predicted octanol–water partition coefficient (Wildman–Crippen LogP) is 1.87. The van der Waals surface area contributed by atoms with Crippen molar-refractivity contribution in [1.29, 1.82) is 0 Å². The van der Waals surface area contributed by atoms with E-state index in [1.165, 1.54) is 0 Å². The second-order valence-electron chi connectivity index (χ2n) is 7.01. The molecule has 0 radical (unpaired) electrons. The third kappa shape index (κ3) is 2.51. The van der Waals surface area contributed by atoms with Gasteiger partial charge in [-0.25, -0.2) is 0 Å². The highest BCUT2D eigenvalue weighted by atomic mass is 17.0. The average Bonchev–Trinajstić information content (AvgIpc) is 2.99. The minimum atomic E-state index is -1.39. The minimum absolute atomic E-state index is 0.267. The van der Waals surface area contributed by atoms with Gasteiger partial charge in [-0.2, -0.15) is 0 Å². The molecule has 0 aliphatic carbocycles. The largest absolute Gasteiger partial charge is 0.504 e. The minimum Gasteiger partial charge on any atom is -0.504 e. The van der Waals surface area contributed by atoms with Gasteiger partial charge in [-0.15, -0.1) is 0 Å². The Morgan fingerprint density at radius 3 is 1.09 bits per heavy atom. The Labute approximate surface area is 185 Å². The highest BCUT2D eigenvalue weighted by molar-refractivity contribution is 6.00. The second kappa shape index (κ2) is 6.83. The SMILES string of the molecule is Cc1c(O)c(O)c(-n2c3c(O)c(O)c(O)c(O)c3ooc3c(O)c(O)c(O)c(O)c32)c(O)c1O. The van der Waals surface area contributed by atoms with Crippen molar-refractivity contribution in [1.82, 2.24) is 4.57 Å². The van der Waals surface area contributed by atoms with Gasteiger partial charge in [0.05, 0.1) is 0 Å². The number of aromatic hydroxyl groups is 12. The first-order chi connectivity index (χ1) is 15.8. The molecule has 0 bridgehead atoms. The summed E-state index contributed by atoms with van der Waals surface area (Å²) in [6.07, 6.45) is 0. The van der Waals surface area contributed by atoms with Crippen LogP contribution in [0.1, 0.15) is 5.56 Å². The molecule has 180 valence electrons. The molecule has 34 heavy (non-hydrogen) atoms. The van der Waals surface area contributed by atoms with Crippen molar-refractivity contribution in [2.45, 2.75) is 6.92 Å². The third-order valence-corrected chi connectivity index (χ3v) is 5.14. The van der Waals surface area contributed by atoms with Crippen LogP contribution in [0.3, 0.4) is 0 Å². The van der Waals surface area contributed by atoms with E-state index in [4.69, 9.17) is 9.15 Å². The second-order valence-corrected chi connectivity index (χ2v) is 7.01. The Morgan fingerprint density at radius 1 is 0.412 bits per heavy atom. The number of nitrogens with zero attached hydrogens (tertiary/aromatic N) is 1. The van der Waals surface area contributed by atoms with Crippen LogP contribution in [0.4, 0.5) is 0 Å². The van der Waals surface area contributed by atoms with Gasteiger partial charge < -0.3 is 61.3 Å². The fourth-order valence-electron chi connectivity index (χ4n) is 3.33. The number of phenolic OH excluding ortho intramolecular Hbond substituents is 12. The lowest BCUT2D eigenvalue weighted by molar-refractivity contribution is 0.0869. The molecular formula is C19H15NO14. The van der Waals surface area contributed by atoms with Crippen LogP contribution in [0.15, 0.2) is 9.15 Å². The van der Waals surface area contributed by atoms with Crippen LogP contribution in [-0.2, 0) is 0 Å². The van der Waals surface area contributed by atoms with Gasteiger partial charge in [0.2, 0.25) is 34.5 Å². The zero-order chi connectivity index (χ0) is 25.4. The van der Waals surface area contributed by atoms with Crippen LogP contribution in [0.25, 0.3) is 27.9 Å². The highest BCUT2D eigenvalue weighted by Crippen LogP contribution is 2.56. The predicted molar refractivity (Wildman–Crippen MR) is 108 cm³/mol. The van der Waals surface area contributed by atoms with Gasteiger partial charge in [0.1, 0.15) is 16.7 Å². The molecule has 0 saturated carbocycles. The maximum atomic E-state index is 10.6. The topological polar surface area (TPSA) is 274 Å². The van der Waals surface area contributed by atoms with Crippen molar-refractivity contribution in [2.24, 2.45) is 0 Å². The van der Waals surface area contributed by atoms with Gasteiger partial charge in [0, 0.05) is 5.56 Å². The molecule has 0 aliphatic rings. The van der Waals surface area contributed by atoms with Gasteiger partial charge in [-0.05, 0) is 6.92 Å². The lowest BCUT2D eigenvalue weighted by Gasteiger charge is -2.18. The number of fused-ring (bicyclic) bond motifs is 2. The standard InChI is InChI=1S/C19H15NO14/c1-2-6(21)8(23)3(9(24)7(2)22)20-4-10(25)12(27)14(29)16(31)18(4)33-34-19-5(20)11(26)13(28)15(30)17(19)32/h21-32H,1H3. The molecule has 4 aromatic rings. The molecule has 0 aliphatic heterocycles. The van der Waals surface area contributed by atoms with Crippen molar-refractivity contribution < 1.29 is 70.4 Å². The molecular weight excluding hydrogens is 466 g/mol. The molecule has 1 heterocycles. The van der Waals surface area contributed by atoms with E-state index in [0.717, 1.165) is 6.92 Å². The molecule has 0 amide bonds. The number of rotatable bonds is 1. The Bertz CT molecular complexity index is 1480. The van der Waals surface area contributed by atoms with Crippen molar-refractivity contribution in [2.75, 3.05) is 0 Å². The smallest absolute Gasteiger partial charge is 0.252 e. The lowest BCUT2D eigenvalue weighted by Crippen LogP contribution is -2.01. The van der Waals surface area contributed by atoms with Crippen LogP contribution in [0.5, 0.6) is 69.0 Å². The zero-order valence-corrected chi connectivity index (χ0v) is 16.6. The molecule has 0 atom stereocenters. The van der Waals surface area contributed by atoms with Crippen LogP contribution in [0.2, 0.25) is 0 Å². The first kappa shape index (κ1) is 21.9. The number of phenols is 12. The van der Waals surface area contributed by atoms with Crippen LogP contribution in [0, 0.1) is 6.92 Å². The molecule has 1 aromatic heterocycles. The molecule has 12 N–H and O–H groups in total. The molecule has 0 spiro atoms. The van der Waals surface area contributed by atoms with Crippen molar-refractivity contribution in [3.63, 3.8) is 0 Å². The molecule has 15 nitrogen and oxygen atoms in total. The summed E-state index contributed by atoms with van der Waals surface area (Å²) in [6.45, 7) is 1.09. The normalized spacial score (nSPS) is 11.3. The fourth-order valence-corrected chi connectivity index (χ4v) is 3.33. The van der Waals surface area contributed by atoms with Gasteiger partial charge in [0.15, 0.2) is 34.5 Å². The highest BCUT2D eigenvalue weighted by Gasteiger charge is 2.32. The van der Waals surface area contributed by atoms with Crippen molar-refractivity contribution in [3.8, 4) is 74.7 Å². The molecule has 0 saturated heterocycles. The summed E-state index contributed by atoms with van der Waals surface area (Å²) in [4.78, 5) is 0. The maximum Gasteiger partial charge on any atom is 0.252 e. The van der Waals surface area contributed by atoms with Crippen LogP contribution in [-0.4, -0.2) is 65.8 Å². The van der Waals surface area contributed by atoms with Gasteiger partial charge >= 0.3 is 0 Å². The summed E-state index contributed by atoms with van der Waals surface area (Å²) in [5.41, 5.74) is -5.71. The van der Waals surface area contributed by atoms with Crippen molar-refractivity contribution in [3.05, 3.63) is 5.56 Å². The maximum absolute atomic E-state index is 10.6. The van der Waals surface area contributed by atoms with Gasteiger partial charge in [0.25, 0.3) is 11.2 Å². The summed E-state index contributed by atoms with van der Waals surface area (Å²) in [6, 6.07) is 0. The van der Waals surface area contributed by atoms with Gasteiger partial charge in [-0.1, -0.05) is 0 Å². The third-order valence-electron chi connectivity index (χ3n) is 5.14. The molecule has 4 rings (SSSR count). The van der Waals surface area contributed by atoms with E-state index in [0.29, 0.717) is 0 Å². The molecule has 15 heteroatoms. The van der Waals surface area contributed by atoms with Crippen molar-refractivity contribution >= 4 is 22.2 Å². The Hall–Kier alpha value is -5.34. The number of benzene rings is 3. The van der Waals surface area contributed by atoms with E-state index in [1.807, 2.05) is 0 Å². The first-order valence-electron chi connectivity index (χ1n) is 8.93. The van der Waals surface area contributed by atoms with E-state index in [9.17, 15) is 61.3 Å². The van der Waals surface area contributed by atoms with E-state index in [2.05, 4.69) is 0 Å². The molecule has 0 fully saturated rings. The van der Waals surface area contributed by atoms with E-state index in [-0.39, 0.29) is 4.57 Å². The first-order valence-corrected chi connectivity index (χ1v) is 8.93. The summed E-state index contributed by atoms with van der Waals surface area (Å²) < 4.78 is 9.86. The van der Waals surface area contributed by atoms with Gasteiger partial charge in [-0.3, -0.25) is 13.7 Å². The number of aromatic nitrogens is 1. The fraction of sp³-hybridized carbons (Fsp3) is 0.0526. The summed E-state index contributed by atoms with van der Waals surface area (Å²) in [5, 5.41) is 123. The van der Waals surface area contributed by atoms with E-state index in [1.54, 1.807) is 0 Å². The Kier molecular flexibility index (Phi) is 4.39. The van der Waals surface area contributed by atoms with E-state index >= 15 is 0 Å². The Morgan fingerprint density at radius 2 is 0.735 bits per heavy atom. The summed E-state index contributed by atoms with van der Waals surface area (Å²) >= 11 is 0. The lowest BCUT2D eigenvalue weighted by atomic mass is 10.1. The Balaban J connectivity index is 2.55. The number of hydrogen-bond donors (Lipinski definition) is 12. The zero-order valence-electron chi connectivity index (χ0n) is 16.6. The number of hydrogen-bond acceptors (Lipinski definition) is 14.